The summed E-state index contributed by atoms with van der Waals surface area (Å²) in [5.74, 6) is 0.490. The Labute approximate surface area is 116 Å². The molecule has 0 N–H and O–H groups in total. The molecule has 0 saturated heterocycles. The molecule has 2 unspecified atom stereocenters. The van der Waals surface area contributed by atoms with Gasteiger partial charge in [0, 0.05) is 14.6 Å². The Hall–Kier alpha value is -0.600. The second kappa shape index (κ2) is 5.36. The van der Waals surface area contributed by atoms with Gasteiger partial charge in [-0.2, -0.15) is 0 Å². The number of hydrogen-bond donors (Lipinski definition) is 0. The van der Waals surface area contributed by atoms with Crippen molar-refractivity contribution in [1.82, 2.24) is 0 Å². The number of hydrogen-bond acceptors (Lipinski definition) is 1. The van der Waals surface area contributed by atoms with Crippen LogP contribution in [0, 0.1) is 13.8 Å². The molecule has 0 bridgehead atoms. The van der Waals surface area contributed by atoms with E-state index in [4.69, 9.17) is 0 Å². The molecule has 1 heterocycles. The second-order valence-corrected chi connectivity index (χ2v) is 6.92. The van der Waals surface area contributed by atoms with Crippen LogP contribution in [-0.2, 0) is 0 Å². The molecule has 1 aromatic carbocycles. The maximum atomic E-state index is 3.86. The number of thiophene rings is 1. The largest absolute Gasteiger partial charge is 0.146 e. The van der Waals surface area contributed by atoms with E-state index in [1.165, 1.54) is 20.9 Å². The van der Waals surface area contributed by atoms with Crippen LogP contribution in [0.1, 0.15) is 38.6 Å². The maximum absolute atomic E-state index is 3.86. The first-order chi connectivity index (χ1) is 8.09. The summed E-state index contributed by atoms with van der Waals surface area (Å²) in [5, 5.41) is 0. The molecule has 0 fully saturated rings. The standard InChI is InChI=1S/C15H17BrS/c1-10-9-14(12(3)17-10)15(16)11(2)13-7-5-4-6-8-13/h4-9,11,15H,1-3H3. The van der Waals surface area contributed by atoms with Crippen LogP contribution in [0.2, 0.25) is 0 Å². The van der Waals surface area contributed by atoms with Crippen LogP contribution in [-0.4, -0.2) is 0 Å². The lowest BCUT2D eigenvalue weighted by atomic mass is 9.94. The zero-order valence-corrected chi connectivity index (χ0v) is 12.8. The SMILES string of the molecule is Cc1cc(C(Br)C(C)c2ccccc2)c(C)s1. The molecule has 0 spiro atoms. The Bertz CT molecular complexity index is 487. The third-order valence-electron chi connectivity index (χ3n) is 3.14. The van der Waals surface area contributed by atoms with Crippen LogP contribution in [0.3, 0.4) is 0 Å². The van der Waals surface area contributed by atoms with E-state index in [1.54, 1.807) is 0 Å². The van der Waals surface area contributed by atoms with Gasteiger partial charge < -0.3 is 0 Å². The van der Waals surface area contributed by atoms with Crippen molar-refractivity contribution in [3.05, 3.63) is 57.3 Å². The Morgan fingerprint density at radius 3 is 2.29 bits per heavy atom. The maximum Gasteiger partial charge on any atom is 0.0472 e. The van der Waals surface area contributed by atoms with Gasteiger partial charge >= 0.3 is 0 Å². The summed E-state index contributed by atoms with van der Waals surface area (Å²) < 4.78 is 0. The fourth-order valence-corrected chi connectivity index (χ4v) is 4.02. The molecule has 0 amide bonds. The van der Waals surface area contributed by atoms with Crippen LogP contribution in [0.25, 0.3) is 0 Å². The fraction of sp³-hybridized carbons (Fsp3) is 0.333. The topological polar surface area (TPSA) is 0 Å². The molecule has 0 aliphatic heterocycles. The number of aryl methyl sites for hydroxylation is 2. The van der Waals surface area contributed by atoms with Crippen molar-refractivity contribution >= 4 is 27.3 Å². The first-order valence-electron chi connectivity index (χ1n) is 5.85. The predicted octanol–water partition coefficient (Wildman–Crippen LogP) is 5.60. The van der Waals surface area contributed by atoms with Gasteiger partial charge in [-0.1, -0.05) is 53.2 Å². The van der Waals surface area contributed by atoms with E-state index in [0.29, 0.717) is 10.7 Å². The minimum Gasteiger partial charge on any atom is -0.146 e. The number of benzene rings is 1. The molecular formula is C15H17BrS. The molecule has 2 rings (SSSR count). The Morgan fingerprint density at radius 2 is 1.76 bits per heavy atom. The molecule has 90 valence electrons. The zero-order chi connectivity index (χ0) is 12.4. The summed E-state index contributed by atoms with van der Waals surface area (Å²) in [5.41, 5.74) is 2.82. The van der Waals surface area contributed by atoms with E-state index in [0.717, 1.165) is 0 Å². The van der Waals surface area contributed by atoms with Crippen LogP contribution >= 0.6 is 27.3 Å². The van der Waals surface area contributed by atoms with Crippen molar-refractivity contribution in [1.29, 1.82) is 0 Å². The average molecular weight is 309 g/mol. The van der Waals surface area contributed by atoms with Gasteiger partial charge in [0.1, 0.15) is 0 Å². The van der Waals surface area contributed by atoms with Crippen LogP contribution < -0.4 is 0 Å². The molecule has 0 nitrogen and oxygen atoms in total. The molecule has 0 radical (unpaired) electrons. The average Bonchev–Trinajstić information content (AvgIpc) is 2.68. The van der Waals surface area contributed by atoms with Crippen molar-refractivity contribution in [3.8, 4) is 0 Å². The Morgan fingerprint density at radius 1 is 1.12 bits per heavy atom. The van der Waals surface area contributed by atoms with Crippen molar-refractivity contribution < 1.29 is 0 Å². The van der Waals surface area contributed by atoms with E-state index in [2.05, 4.69) is 73.1 Å². The second-order valence-electron chi connectivity index (χ2n) is 4.47. The van der Waals surface area contributed by atoms with E-state index in [1.807, 2.05) is 11.3 Å². The molecule has 1 aromatic heterocycles. The molecule has 17 heavy (non-hydrogen) atoms. The van der Waals surface area contributed by atoms with Crippen LogP contribution in [0.5, 0.6) is 0 Å². The van der Waals surface area contributed by atoms with Gasteiger partial charge in [-0.25, -0.2) is 0 Å². The summed E-state index contributed by atoms with van der Waals surface area (Å²) in [6, 6.07) is 13.0. The number of alkyl halides is 1. The van der Waals surface area contributed by atoms with Gasteiger partial charge in [-0.3, -0.25) is 0 Å². The third-order valence-corrected chi connectivity index (χ3v) is 5.41. The van der Waals surface area contributed by atoms with Crippen molar-refractivity contribution in [2.75, 3.05) is 0 Å². The molecule has 0 saturated carbocycles. The quantitative estimate of drug-likeness (QED) is 0.647. The summed E-state index contributed by atoms with van der Waals surface area (Å²) >= 11 is 5.74. The number of rotatable bonds is 3. The summed E-state index contributed by atoms with van der Waals surface area (Å²) in [4.78, 5) is 3.21. The minimum atomic E-state index is 0.398. The van der Waals surface area contributed by atoms with Gasteiger partial charge in [0.2, 0.25) is 0 Å². The molecular weight excluding hydrogens is 292 g/mol. The van der Waals surface area contributed by atoms with Crippen molar-refractivity contribution in [3.63, 3.8) is 0 Å². The zero-order valence-electron chi connectivity index (χ0n) is 10.4. The van der Waals surface area contributed by atoms with Gasteiger partial charge in [-0.05, 0) is 37.0 Å². The van der Waals surface area contributed by atoms with E-state index in [-0.39, 0.29) is 0 Å². The summed E-state index contributed by atoms with van der Waals surface area (Å²) in [7, 11) is 0. The molecule has 2 heteroatoms. The highest BCUT2D eigenvalue weighted by Gasteiger charge is 2.20. The summed E-state index contributed by atoms with van der Waals surface area (Å²) in [6.45, 7) is 6.66. The van der Waals surface area contributed by atoms with E-state index >= 15 is 0 Å². The number of halogens is 1. The fourth-order valence-electron chi connectivity index (χ4n) is 2.12. The Balaban J connectivity index is 2.26. The van der Waals surface area contributed by atoms with Gasteiger partial charge in [0.05, 0.1) is 0 Å². The van der Waals surface area contributed by atoms with Gasteiger partial charge in [0.15, 0.2) is 0 Å². The first kappa shape index (κ1) is 12.8. The van der Waals surface area contributed by atoms with Crippen molar-refractivity contribution in [2.24, 2.45) is 0 Å². The lowest BCUT2D eigenvalue weighted by Crippen LogP contribution is -2.02. The van der Waals surface area contributed by atoms with E-state index in [9.17, 15) is 0 Å². The Kier molecular flexibility index (Phi) is 4.05. The lowest BCUT2D eigenvalue weighted by Gasteiger charge is -2.19. The lowest BCUT2D eigenvalue weighted by molar-refractivity contribution is 0.751. The highest BCUT2D eigenvalue weighted by molar-refractivity contribution is 9.09. The summed E-state index contributed by atoms with van der Waals surface area (Å²) in [6.07, 6.45) is 0. The van der Waals surface area contributed by atoms with Crippen LogP contribution in [0.15, 0.2) is 36.4 Å². The molecule has 0 aliphatic rings. The minimum absolute atomic E-state index is 0.398. The van der Waals surface area contributed by atoms with Gasteiger partial charge in [0.25, 0.3) is 0 Å². The molecule has 0 aliphatic carbocycles. The van der Waals surface area contributed by atoms with Crippen molar-refractivity contribution in [2.45, 2.75) is 31.5 Å². The predicted molar refractivity (Wildman–Crippen MR) is 80.3 cm³/mol. The van der Waals surface area contributed by atoms with Gasteiger partial charge in [-0.15, -0.1) is 11.3 Å². The van der Waals surface area contributed by atoms with Crippen LogP contribution in [0.4, 0.5) is 0 Å². The molecule has 2 atom stereocenters. The van der Waals surface area contributed by atoms with E-state index < -0.39 is 0 Å². The monoisotopic (exact) mass is 308 g/mol. The highest BCUT2D eigenvalue weighted by atomic mass is 79.9. The first-order valence-corrected chi connectivity index (χ1v) is 7.58. The smallest absolute Gasteiger partial charge is 0.0472 e. The highest BCUT2D eigenvalue weighted by Crippen LogP contribution is 2.41. The third kappa shape index (κ3) is 2.80. The molecule has 2 aromatic rings. The normalized spacial score (nSPS) is 14.6.